The summed E-state index contributed by atoms with van der Waals surface area (Å²) in [6.45, 7) is 6.65. The highest BCUT2D eigenvalue weighted by atomic mass is 16.2. The summed E-state index contributed by atoms with van der Waals surface area (Å²) in [5.41, 5.74) is 0.289. The summed E-state index contributed by atoms with van der Waals surface area (Å²) in [7, 11) is 1.82. The van der Waals surface area contributed by atoms with Crippen LogP contribution in [0.2, 0.25) is 0 Å². The average molecular weight is 212 g/mol. The van der Waals surface area contributed by atoms with Crippen molar-refractivity contribution in [3.8, 4) is 0 Å². The topological polar surface area (TPSA) is 56.4 Å². The molecule has 2 fully saturated rings. The molecule has 2 atom stereocenters. The highest BCUT2D eigenvalue weighted by Crippen LogP contribution is 2.38. The van der Waals surface area contributed by atoms with E-state index in [0.717, 1.165) is 26.2 Å². The lowest BCUT2D eigenvalue weighted by molar-refractivity contribution is 0.201. The van der Waals surface area contributed by atoms with Gasteiger partial charge in [-0.05, 0) is 13.0 Å². The molecule has 0 spiro atoms. The Balaban J connectivity index is 1.90. The van der Waals surface area contributed by atoms with Crippen LogP contribution in [0.25, 0.3) is 0 Å². The predicted molar refractivity (Wildman–Crippen MR) is 58.5 cm³/mol. The number of nitrogens with one attached hydrogen (secondary N) is 3. The lowest BCUT2D eigenvalue weighted by Crippen LogP contribution is -2.43. The van der Waals surface area contributed by atoms with Gasteiger partial charge in [-0.25, -0.2) is 4.79 Å². The van der Waals surface area contributed by atoms with E-state index in [1.54, 1.807) is 0 Å². The van der Waals surface area contributed by atoms with Crippen LogP contribution in [-0.2, 0) is 0 Å². The first-order chi connectivity index (χ1) is 7.15. The van der Waals surface area contributed by atoms with E-state index >= 15 is 0 Å². The van der Waals surface area contributed by atoms with Gasteiger partial charge >= 0.3 is 6.03 Å². The van der Waals surface area contributed by atoms with Crippen LogP contribution >= 0.6 is 0 Å². The Morgan fingerprint density at radius 1 is 1.67 bits per heavy atom. The normalized spacial score (nSPS) is 34.3. The molecular formula is C10H20N4O. The van der Waals surface area contributed by atoms with Crippen molar-refractivity contribution in [1.82, 2.24) is 20.9 Å². The average Bonchev–Trinajstić information content (AvgIpc) is 2.68. The number of hydrogen-bond donors (Lipinski definition) is 3. The largest absolute Gasteiger partial charge is 0.325 e. The van der Waals surface area contributed by atoms with Crippen molar-refractivity contribution in [2.75, 3.05) is 39.9 Å². The molecule has 0 saturated carbocycles. The van der Waals surface area contributed by atoms with E-state index in [2.05, 4.69) is 22.9 Å². The zero-order valence-corrected chi connectivity index (χ0v) is 9.47. The minimum absolute atomic E-state index is 0.0555. The van der Waals surface area contributed by atoms with Crippen molar-refractivity contribution < 1.29 is 4.79 Å². The van der Waals surface area contributed by atoms with Gasteiger partial charge in [0.25, 0.3) is 0 Å². The van der Waals surface area contributed by atoms with Crippen LogP contribution in [0.15, 0.2) is 0 Å². The quantitative estimate of drug-likeness (QED) is 0.537. The Morgan fingerprint density at radius 3 is 3.13 bits per heavy atom. The highest BCUT2D eigenvalue weighted by molar-refractivity contribution is 5.74. The number of nitrogens with zero attached hydrogens (tertiary/aromatic N) is 1. The van der Waals surface area contributed by atoms with E-state index in [-0.39, 0.29) is 11.4 Å². The van der Waals surface area contributed by atoms with Crippen molar-refractivity contribution in [3.63, 3.8) is 0 Å². The molecule has 0 aromatic heterocycles. The fourth-order valence-corrected chi connectivity index (χ4v) is 2.59. The van der Waals surface area contributed by atoms with Gasteiger partial charge in [0, 0.05) is 31.6 Å². The van der Waals surface area contributed by atoms with Crippen LogP contribution in [-0.4, -0.2) is 50.8 Å². The lowest BCUT2D eigenvalue weighted by Gasteiger charge is -2.22. The highest BCUT2D eigenvalue weighted by Gasteiger charge is 2.47. The van der Waals surface area contributed by atoms with Gasteiger partial charge < -0.3 is 20.9 Å². The van der Waals surface area contributed by atoms with Crippen molar-refractivity contribution in [1.29, 1.82) is 0 Å². The number of carbonyl (C=O) groups excluding carboxylic acids is 1. The van der Waals surface area contributed by atoms with Crippen LogP contribution in [0.5, 0.6) is 0 Å². The molecule has 5 heteroatoms. The van der Waals surface area contributed by atoms with E-state index < -0.39 is 0 Å². The van der Waals surface area contributed by atoms with Crippen molar-refractivity contribution in [2.45, 2.75) is 6.92 Å². The molecule has 86 valence electrons. The molecule has 5 nitrogen and oxygen atoms in total. The van der Waals surface area contributed by atoms with E-state index in [1.165, 1.54) is 0 Å². The Kier molecular flexibility index (Phi) is 2.84. The molecule has 0 radical (unpaired) electrons. The van der Waals surface area contributed by atoms with Crippen LogP contribution in [0.1, 0.15) is 6.92 Å². The zero-order chi connectivity index (χ0) is 10.9. The molecule has 2 saturated heterocycles. The predicted octanol–water partition coefficient (Wildman–Crippen LogP) is -0.586. The van der Waals surface area contributed by atoms with Crippen LogP contribution in [0.3, 0.4) is 0 Å². The maximum atomic E-state index is 11.7. The van der Waals surface area contributed by atoms with Crippen molar-refractivity contribution in [3.05, 3.63) is 0 Å². The number of hydrogen-bond acceptors (Lipinski definition) is 3. The summed E-state index contributed by atoms with van der Waals surface area (Å²) in [5, 5.41) is 9.14. The van der Waals surface area contributed by atoms with Gasteiger partial charge in [-0.15, -0.1) is 0 Å². The second-order valence-corrected chi connectivity index (χ2v) is 4.87. The van der Waals surface area contributed by atoms with Crippen molar-refractivity contribution in [2.24, 2.45) is 11.3 Å². The van der Waals surface area contributed by atoms with Gasteiger partial charge in [-0.2, -0.15) is 0 Å². The minimum atomic E-state index is 0.0555. The minimum Gasteiger partial charge on any atom is -0.325 e. The second-order valence-electron chi connectivity index (χ2n) is 4.87. The third-order valence-corrected chi connectivity index (χ3v) is 3.60. The molecular weight excluding hydrogens is 192 g/mol. The number of likely N-dealkylation sites (tertiary alicyclic amines) is 1. The Labute approximate surface area is 90.6 Å². The molecule has 3 N–H and O–H groups in total. The summed E-state index contributed by atoms with van der Waals surface area (Å²) in [5.74, 6) is 0.623. The standard InChI is InChI=1S/C10H20N4O/c1-10-5-12-3-8(10)4-14(6-10)9(15)13-7-11-2/h8,11-12H,3-7H2,1-2H3,(H,13,15). The third-order valence-electron chi connectivity index (χ3n) is 3.60. The van der Waals surface area contributed by atoms with Crippen molar-refractivity contribution >= 4 is 6.03 Å². The van der Waals surface area contributed by atoms with Gasteiger partial charge in [0.2, 0.25) is 0 Å². The van der Waals surface area contributed by atoms with Gasteiger partial charge in [-0.3, -0.25) is 0 Å². The summed E-state index contributed by atoms with van der Waals surface area (Å²) < 4.78 is 0. The van der Waals surface area contributed by atoms with Gasteiger partial charge in [0.15, 0.2) is 0 Å². The first-order valence-corrected chi connectivity index (χ1v) is 5.54. The monoisotopic (exact) mass is 212 g/mol. The van der Waals surface area contributed by atoms with Gasteiger partial charge in [0.05, 0.1) is 6.67 Å². The molecule has 2 heterocycles. The molecule has 0 aromatic rings. The second kappa shape index (κ2) is 3.98. The fourth-order valence-electron chi connectivity index (χ4n) is 2.59. The molecule has 0 bridgehead atoms. The Bertz CT molecular complexity index is 258. The Hall–Kier alpha value is -0.810. The number of amides is 2. The SMILES string of the molecule is CNCNC(=O)N1CC2CNCC2(C)C1. The van der Waals surface area contributed by atoms with E-state index in [4.69, 9.17) is 0 Å². The molecule has 2 aliphatic heterocycles. The summed E-state index contributed by atoms with van der Waals surface area (Å²) in [4.78, 5) is 13.7. The summed E-state index contributed by atoms with van der Waals surface area (Å²) in [6.07, 6.45) is 0. The molecule has 15 heavy (non-hydrogen) atoms. The number of carbonyl (C=O) groups is 1. The first kappa shape index (κ1) is 10.7. The first-order valence-electron chi connectivity index (χ1n) is 5.54. The number of fused-ring (bicyclic) bond motifs is 1. The van der Waals surface area contributed by atoms with Gasteiger partial charge in [0.1, 0.15) is 0 Å². The maximum Gasteiger partial charge on any atom is 0.318 e. The number of urea groups is 1. The van der Waals surface area contributed by atoms with Crippen LogP contribution in [0.4, 0.5) is 4.79 Å². The van der Waals surface area contributed by atoms with Crippen LogP contribution in [0, 0.1) is 11.3 Å². The van der Waals surface area contributed by atoms with Gasteiger partial charge in [-0.1, -0.05) is 6.92 Å². The molecule has 2 unspecified atom stereocenters. The van der Waals surface area contributed by atoms with E-state index in [0.29, 0.717) is 12.6 Å². The number of rotatable bonds is 2. The fraction of sp³-hybridized carbons (Fsp3) is 0.900. The third kappa shape index (κ3) is 1.94. The smallest absolute Gasteiger partial charge is 0.318 e. The molecule has 2 rings (SSSR count). The molecule has 2 aliphatic rings. The summed E-state index contributed by atoms with van der Waals surface area (Å²) in [6, 6.07) is 0.0555. The molecule has 0 aliphatic carbocycles. The van der Waals surface area contributed by atoms with E-state index in [1.807, 2.05) is 11.9 Å². The lowest BCUT2D eigenvalue weighted by atomic mass is 9.83. The Morgan fingerprint density at radius 2 is 2.47 bits per heavy atom. The zero-order valence-electron chi connectivity index (χ0n) is 9.47. The maximum absolute atomic E-state index is 11.7. The molecule has 0 aromatic carbocycles. The summed E-state index contributed by atoms with van der Waals surface area (Å²) >= 11 is 0. The van der Waals surface area contributed by atoms with E-state index in [9.17, 15) is 4.79 Å². The van der Waals surface area contributed by atoms with Crippen LogP contribution < -0.4 is 16.0 Å². The molecule has 2 amide bonds.